The van der Waals surface area contributed by atoms with Gasteiger partial charge in [-0.1, -0.05) is 12.1 Å². The molecule has 0 fully saturated rings. The number of aryl methyl sites for hydroxylation is 1. The molecule has 6 heteroatoms. The van der Waals surface area contributed by atoms with Crippen LogP contribution in [0.1, 0.15) is 47.1 Å². The lowest BCUT2D eigenvalue weighted by molar-refractivity contribution is 0.0939. The van der Waals surface area contributed by atoms with Gasteiger partial charge in [-0.15, -0.1) is 0 Å². The Morgan fingerprint density at radius 3 is 2.46 bits per heavy atom. The standard InChI is InChI=1S/C22H24FN3O2/c1-4-26-16(3)21(13-24-26)15(2)25-22(27)18-7-5-17(6-8-18)14-28-20-11-9-19(23)10-12-20/h5-13,15H,4,14H2,1-3H3,(H,25,27). The number of amides is 1. The molecule has 3 rings (SSSR count). The molecule has 0 radical (unpaired) electrons. The molecule has 146 valence electrons. The van der Waals surface area contributed by atoms with Crippen LogP contribution in [0.15, 0.2) is 54.7 Å². The van der Waals surface area contributed by atoms with Gasteiger partial charge < -0.3 is 10.1 Å². The van der Waals surface area contributed by atoms with E-state index in [-0.39, 0.29) is 17.8 Å². The van der Waals surface area contributed by atoms with Crippen LogP contribution in [-0.4, -0.2) is 15.7 Å². The molecule has 2 aromatic carbocycles. The molecule has 0 aliphatic rings. The average Bonchev–Trinajstić information content (AvgIpc) is 3.08. The predicted octanol–water partition coefficient (Wildman–Crippen LogP) is 4.42. The summed E-state index contributed by atoms with van der Waals surface area (Å²) in [6, 6.07) is 13.0. The van der Waals surface area contributed by atoms with E-state index in [0.29, 0.717) is 17.9 Å². The van der Waals surface area contributed by atoms with Crippen molar-refractivity contribution in [2.75, 3.05) is 0 Å². The van der Waals surface area contributed by atoms with Gasteiger partial charge in [0, 0.05) is 23.4 Å². The van der Waals surface area contributed by atoms with Crippen molar-refractivity contribution >= 4 is 5.91 Å². The maximum atomic E-state index is 12.9. The maximum Gasteiger partial charge on any atom is 0.251 e. The Hall–Kier alpha value is -3.15. The summed E-state index contributed by atoms with van der Waals surface area (Å²) >= 11 is 0. The molecule has 0 saturated heterocycles. The number of nitrogens with zero attached hydrogens (tertiary/aromatic N) is 2. The summed E-state index contributed by atoms with van der Waals surface area (Å²) in [5.41, 5.74) is 3.58. The lowest BCUT2D eigenvalue weighted by atomic mass is 10.1. The van der Waals surface area contributed by atoms with Crippen molar-refractivity contribution in [3.8, 4) is 5.75 Å². The second kappa shape index (κ2) is 8.69. The number of benzene rings is 2. The zero-order valence-electron chi connectivity index (χ0n) is 16.3. The Bertz CT molecular complexity index is 933. The number of hydrogen-bond acceptors (Lipinski definition) is 3. The molecule has 0 aliphatic carbocycles. The van der Waals surface area contributed by atoms with Crippen LogP contribution >= 0.6 is 0 Å². The maximum absolute atomic E-state index is 12.9. The van der Waals surface area contributed by atoms with Crippen LogP contribution in [0.25, 0.3) is 0 Å². The van der Waals surface area contributed by atoms with Gasteiger partial charge in [-0.2, -0.15) is 5.10 Å². The summed E-state index contributed by atoms with van der Waals surface area (Å²) in [6.45, 7) is 7.14. The topological polar surface area (TPSA) is 56.2 Å². The first-order chi connectivity index (χ1) is 13.5. The van der Waals surface area contributed by atoms with Crippen LogP contribution in [-0.2, 0) is 13.2 Å². The van der Waals surface area contributed by atoms with Crippen LogP contribution < -0.4 is 10.1 Å². The highest BCUT2D eigenvalue weighted by Crippen LogP contribution is 2.18. The molecule has 0 aliphatic heterocycles. The molecular weight excluding hydrogens is 357 g/mol. The Morgan fingerprint density at radius 2 is 1.86 bits per heavy atom. The molecule has 5 nitrogen and oxygen atoms in total. The second-order valence-electron chi connectivity index (χ2n) is 6.64. The van der Waals surface area contributed by atoms with Gasteiger partial charge in [-0.3, -0.25) is 9.48 Å². The molecule has 1 unspecified atom stereocenters. The molecule has 1 atom stereocenters. The van der Waals surface area contributed by atoms with Crippen molar-refractivity contribution < 1.29 is 13.9 Å². The third-order valence-electron chi connectivity index (χ3n) is 4.69. The summed E-state index contributed by atoms with van der Waals surface area (Å²) in [5.74, 6) is 0.163. The number of rotatable bonds is 7. The number of hydrogen-bond donors (Lipinski definition) is 1. The van der Waals surface area contributed by atoms with Gasteiger partial charge in [0.05, 0.1) is 12.2 Å². The fourth-order valence-electron chi connectivity index (χ4n) is 3.01. The van der Waals surface area contributed by atoms with E-state index in [0.717, 1.165) is 23.4 Å². The number of aromatic nitrogens is 2. The molecule has 1 aromatic heterocycles. The van der Waals surface area contributed by atoms with Gasteiger partial charge in [0.25, 0.3) is 5.91 Å². The number of halogens is 1. The van der Waals surface area contributed by atoms with E-state index in [1.54, 1.807) is 30.5 Å². The van der Waals surface area contributed by atoms with Gasteiger partial charge in [0.1, 0.15) is 18.2 Å². The van der Waals surface area contributed by atoms with Gasteiger partial charge in [0.15, 0.2) is 0 Å². The fourth-order valence-corrected chi connectivity index (χ4v) is 3.01. The van der Waals surface area contributed by atoms with Crippen LogP contribution in [0.4, 0.5) is 4.39 Å². The monoisotopic (exact) mass is 381 g/mol. The molecular formula is C22H24FN3O2. The number of ether oxygens (including phenoxy) is 1. The third kappa shape index (κ3) is 4.57. The van der Waals surface area contributed by atoms with Crippen LogP contribution in [0, 0.1) is 12.7 Å². The van der Waals surface area contributed by atoms with E-state index in [1.165, 1.54) is 12.1 Å². The quantitative estimate of drug-likeness (QED) is 0.659. The van der Waals surface area contributed by atoms with Crippen molar-refractivity contribution in [2.45, 2.75) is 40.0 Å². The van der Waals surface area contributed by atoms with Crippen LogP contribution in [0.2, 0.25) is 0 Å². The van der Waals surface area contributed by atoms with Gasteiger partial charge in [-0.25, -0.2) is 4.39 Å². The average molecular weight is 381 g/mol. The van der Waals surface area contributed by atoms with E-state index in [9.17, 15) is 9.18 Å². The minimum absolute atomic E-state index is 0.130. The van der Waals surface area contributed by atoms with Crippen molar-refractivity contribution in [3.63, 3.8) is 0 Å². The van der Waals surface area contributed by atoms with Crippen molar-refractivity contribution in [1.82, 2.24) is 15.1 Å². The SMILES string of the molecule is CCn1ncc(C(C)NC(=O)c2ccc(COc3ccc(F)cc3)cc2)c1C. The molecule has 0 spiro atoms. The number of nitrogens with one attached hydrogen (secondary N) is 1. The number of carbonyl (C=O) groups excluding carboxylic acids is 1. The molecule has 0 bridgehead atoms. The molecule has 3 aromatic rings. The normalized spacial score (nSPS) is 11.9. The van der Waals surface area contributed by atoms with E-state index < -0.39 is 0 Å². The second-order valence-corrected chi connectivity index (χ2v) is 6.64. The zero-order chi connectivity index (χ0) is 20.1. The van der Waals surface area contributed by atoms with Crippen LogP contribution in [0.3, 0.4) is 0 Å². The van der Waals surface area contributed by atoms with E-state index in [4.69, 9.17) is 4.74 Å². The minimum Gasteiger partial charge on any atom is -0.489 e. The molecule has 1 amide bonds. The highest BCUT2D eigenvalue weighted by Gasteiger charge is 2.16. The Kier molecular flexibility index (Phi) is 6.09. The summed E-state index contributed by atoms with van der Waals surface area (Å²) < 4.78 is 20.4. The van der Waals surface area contributed by atoms with Gasteiger partial charge in [0.2, 0.25) is 0 Å². The first-order valence-corrected chi connectivity index (χ1v) is 9.28. The summed E-state index contributed by atoms with van der Waals surface area (Å²) in [5, 5.41) is 7.34. The highest BCUT2D eigenvalue weighted by atomic mass is 19.1. The summed E-state index contributed by atoms with van der Waals surface area (Å²) in [4.78, 5) is 12.5. The molecule has 1 N–H and O–H groups in total. The van der Waals surface area contributed by atoms with E-state index >= 15 is 0 Å². The summed E-state index contributed by atoms with van der Waals surface area (Å²) in [6.07, 6.45) is 1.81. The van der Waals surface area contributed by atoms with Crippen LogP contribution in [0.5, 0.6) is 5.75 Å². The fraction of sp³-hybridized carbons (Fsp3) is 0.273. The Labute approximate surface area is 164 Å². The molecule has 28 heavy (non-hydrogen) atoms. The lowest BCUT2D eigenvalue weighted by Gasteiger charge is -2.14. The minimum atomic E-state index is -0.297. The smallest absolute Gasteiger partial charge is 0.251 e. The molecule has 1 heterocycles. The molecule has 0 saturated carbocycles. The van der Waals surface area contributed by atoms with Gasteiger partial charge in [-0.05, 0) is 62.7 Å². The highest BCUT2D eigenvalue weighted by molar-refractivity contribution is 5.94. The van der Waals surface area contributed by atoms with Gasteiger partial charge >= 0.3 is 0 Å². The zero-order valence-corrected chi connectivity index (χ0v) is 16.3. The first-order valence-electron chi connectivity index (χ1n) is 9.28. The van der Waals surface area contributed by atoms with Crippen molar-refractivity contribution in [1.29, 1.82) is 0 Å². The number of carbonyl (C=O) groups is 1. The Morgan fingerprint density at radius 1 is 1.18 bits per heavy atom. The predicted molar refractivity (Wildman–Crippen MR) is 106 cm³/mol. The third-order valence-corrected chi connectivity index (χ3v) is 4.69. The van der Waals surface area contributed by atoms with E-state index in [1.807, 2.05) is 37.6 Å². The first kappa shape index (κ1) is 19.6. The van der Waals surface area contributed by atoms with E-state index in [2.05, 4.69) is 10.4 Å². The Balaban J connectivity index is 1.58. The lowest BCUT2D eigenvalue weighted by Crippen LogP contribution is -2.27. The summed E-state index contributed by atoms with van der Waals surface area (Å²) in [7, 11) is 0. The van der Waals surface area contributed by atoms with Crippen molar-refractivity contribution in [3.05, 3.63) is 82.9 Å². The van der Waals surface area contributed by atoms with Crippen molar-refractivity contribution in [2.24, 2.45) is 0 Å². The largest absolute Gasteiger partial charge is 0.489 e.